The summed E-state index contributed by atoms with van der Waals surface area (Å²) in [5.41, 5.74) is 6.33. The summed E-state index contributed by atoms with van der Waals surface area (Å²) < 4.78 is 0. The maximum Gasteiger partial charge on any atom is 0.0363 e. The number of allylic oxidation sites excluding steroid dienone is 4. The van der Waals surface area contributed by atoms with Crippen LogP contribution >= 0.6 is 11.6 Å². The lowest BCUT2D eigenvalue weighted by Crippen LogP contribution is -1.98. The minimum Gasteiger partial charge on any atom is -0.0847 e. The average molecular weight is 343 g/mol. The molecule has 0 spiro atoms. The summed E-state index contributed by atoms with van der Waals surface area (Å²) in [7, 11) is 0. The van der Waals surface area contributed by atoms with Crippen molar-refractivity contribution in [2.45, 2.75) is 12.3 Å². The third-order valence-corrected chi connectivity index (χ3v) is 4.93. The van der Waals surface area contributed by atoms with E-state index in [4.69, 9.17) is 11.6 Å². The molecule has 0 aliphatic heterocycles. The van der Waals surface area contributed by atoms with Gasteiger partial charge in [-0.3, -0.25) is 0 Å². The molecule has 0 saturated carbocycles. The molecule has 0 heterocycles. The van der Waals surface area contributed by atoms with Crippen molar-refractivity contribution in [2.75, 3.05) is 0 Å². The van der Waals surface area contributed by atoms with Crippen molar-refractivity contribution in [1.82, 2.24) is 0 Å². The zero-order valence-electron chi connectivity index (χ0n) is 13.9. The van der Waals surface area contributed by atoms with E-state index in [2.05, 4.69) is 91.0 Å². The van der Waals surface area contributed by atoms with Gasteiger partial charge in [0.15, 0.2) is 0 Å². The molecule has 0 amide bonds. The lowest BCUT2D eigenvalue weighted by molar-refractivity contribution is 0.852. The van der Waals surface area contributed by atoms with Crippen LogP contribution in [0.1, 0.15) is 17.9 Å². The summed E-state index contributed by atoms with van der Waals surface area (Å²) in [5.74, 6) is 0.369. The molecule has 4 rings (SSSR count). The Morgan fingerprint density at radius 2 is 1.24 bits per heavy atom. The highest BCUT2D eigenvalue weighted by molar-refractivity contribution is 6.31. The Bertz CT molecular complexity index is 863. The van der Waals surface area contributed by atoms with E-state index in [0.717, 1.165) is 11.5 Å². The number of rotatable bonds is 3. The summed E-state index contributed by atoms with van der Waals surface area (Å²) in [5, 5.41) is 0.832. The Labute approximate surface area is 154 Å². The van der Waals surface area contributed by atoms with Crippen molar-refractivity contribution in [3.8, 4) is 22.3 Å². The van der Waals surface area contributed by atoms with Crippen molar-refractivity contribution in [3.63, 3.8) is 0 Å². The predicted octanol–water partition coefficient (Wildman–Crippen LogP) is 7.19. The van der Waals surface area contributed by atoms with Crippen LogP contribution in [0, 0.1) is 0 Å². The lowest BCUT2D eigenvalue weighted by atomic mass is 9.87. The molecule has 1 aliphatic rings. The molecular weight excluding hydrogens is 324 g/mol. The van der Waals surface area contributed by atoms with E-state index < -0.39 is 0 Å². The number of hydrogen-bond acceptors (Lipinski definition) is 0. The average Bonchev–Trinajstić information content (AvgIpc) is 2.69. The summed E-state index contributed by atoms with van der Waals surface area (Å²) in [6.07, 6.45) is 7.26. The summed E-state index contributed by atoms with van der Waals surface area (Å²) in [4.78, 5) is 0. The highest BCUT2D eigenvalue weighted by atomic mass is 35.5. The monoisotopic (exact) mass is 342 g/mol. The second-order valence-corrected chi connectivity index (χ2v) is 6.80. The third-order valence-electron chi connectivity index (χ3n) is 4.65. The van der Waals surface area contributed by atoms with Gasteiger partial charge in [0.25, 0.3) is 0 Å². The van der Waals surface area contributed by atoms with Gasteiger partial charge in [0.05, 0.1) is 0 Å². The van der Waals surface area contributed by atoms with Gasteiger partial charge in [-0.05, 0) is 46.4 Å². The highest BCUT2D eigenvalue weighted by Crippen LogP contribution is 2.34. The molecular formula is C24H19Cl. The van der Waals surface area contributed by atoms with E-state index in [1.54, 1.807) is 0 Å². The Morgan fingerprint density at radius 1 is 0.680 bits per heavy atom. The van der Waals surface area contributed by atoms with Crippen LogP contribution < -0.4 is 0 Å². The van der Waals surface area contributed by atoms with Crippen molar-refractivity contribution < 1.29 is 0 Å². The van der Waals surface area contributed by atoms with Crippen LogP contribution in [0.15, 0.2) is 102 Å². The zero-order valence-corrected chi connectivity index (χ0v) is 14.7. The molecule has 3 aromatic rings. The van der Waals surface area contributed by atoms with Gasteiger partial charge >= 0.3 is 0 Å². The molecule has 1 aliphatic carbocycles. The van der Waals surface area contributed by atoms with E-state index in [1.165, 1.54) is 27.8 Å². The van der Waals surface area contributed by atoms with Crippen LogP contribution in [0.3, 0.4) is 0 Å². The third kappa shape index (κ3) is 3.60. The van der Waals surface area contributed by atoms with Gasteiger partial charge in [-0.25, -0.2) is 0 Å². The first kappa shape index (κ1) is 15.9. The lowest BCUT2D eigenvalue weighted by Gasteiger charge is -2.18. The quantitative estimate of drug-likeness (QED) is 0.472. The van der Waals surface area contributed by atoms with Crippen LogP contribution in [0.5, 0.6) is 0 Å². The molecule has 1 heteroatoms. The fraction of sp³-hybridized carbons (Fsp3) is 0.0833. The highest BCUT2D eigenvalue weighted by Gasteiger charge is 2.14. The van der Waals surface area contributed by atoms with Gasteiger partial charge in [0.1, 0.15) is 0 Å². The Morgan fingerprint density at radius 3 is 1.72 bits per heavy atom. The normalized spacial score (nSPS) is 16.5. The maximum atomic E-state index is 6.10. The fourth-order valence-electron chi connectivity index (χ4n) is 3.30. The first-order chi connectivity index (χ1) is 12.3. The molecule has 3 aromatic carbocycles. The first-order valence-electron chi connectivity index (χ1n) is 8.59. The minimum absolute atomic E-state index is 0.369. The molecule has 1 atom stereocenters. The SMILES string of the molecule is ClC1=CCC(c2cc(-c3ccccc3)cc(-c3ccccc3)c2)C=C1. The molecule has 0 N–H and O–H groups in total. The largest absolute Gasteiger partial charge is 0.0847 e. The number of benzene rings is 3. The van der Waals surface area contributed by atoms with Gasteiger partial charge in [0, 0.05) is 11.0 Å². The maximum absolute atomic E-state index is 6.10. The molecule has 1 unspecified atom stereocenters. The van der Waals surface area contributed by atoms with E-state index in [1.807, 2.05) is 6.08 Å². The zero-order chi connectivity index (χ0) is 17.1. The van der Waals surface area contributed by atoms with Gasteiger partial charge in [-0.15, -0.1) is 0 Å². The van der Waals surface area contributed by atoms with E-state index >= 15 is 0 Å². The van der Waals surface area contributed by atoms with Crippen LogP contribution in [0.4, 0.5) is 0 Å². The van der Waals surface area contributed by atoms with Gasteiger partial charge < -0.3 is 0 Å². The van der Waals surface area contributed by atoms with Crippen molar-refractivity contribution in [3.05, 3.63) is 108 Å². The molecule has 0 nitrogen and oxygen atoms in total. The topological polar surface area (TPSA) is 0 Å². The number of hydrogen-bond donors (Lipinski definition) is 0. The second kappa shape index (κ2) is 7.13. The smallest absolute Gasteiger partial charge is 0.0363 e. The molecule has 0 bridgehead atoms. The van der Waals surface area contributed by atoms with Gasteiger partial charge in [0.2, 0.25) is 0 Å². The number of halogens is 1. The van der Waals surface area contributed by atoms with Crippen LogP contribution in [0.2, 0.25) is 0 Å². The molecule has 0 aromatic heterocycles. The standard InChI is InChI=1S/C24H19Cl/c25-24-13-11-20(12-14-24)23-16-21(18-7-3-1-4-8-18)15-22(17-23)19-9-5-2-6-10-19/h1-11,13-17,20H,12H2. The fourth-order valence-corrected chi connectivity index (χ4v) is 3.46. The van der Waals surface area contributed by atoms with E-state index in [0.29, 0.717) is 5.92 Å². The first-order valence-corrected chi connectivity index (χ1v) is 8.97. The predicted molar refractivity (Wildman–Crippen MR) is 108 cm³/mol. The van der Waals surface area contributed by atoms with Crippen molar-refractivity contribution in [1.29, 1.82) is 0 Å². The molecule has 122 valence electrons. The Hall–Kier alpha value is -2.57. The Kier molecular flexibility index (Phi) is 4.54. The molecule has 0 radical (unpaired) electrons. The second-order valence-electron chi connectivity index (χ2n) is 6.37. The van der Waals surface area contributed by atoms with Gasteiger partial charge in [-0.1, -0.05) is 96.5 Å². The summed E-state index contributed by atoms with van der Waals surface area (Å²) in [6, 6.07) is 28.0. The van der Waals surface area contributed by atoms with Crippen molar-refractivity contribution >= 4 is 11.6 Å². The summed E-state index contributed by atoms with van der Waals surface area (Å²) >= 11 is 6.10. The van der Waals surface area contributed by atoms with E-state index in [-0.39, 0.29) is 0 Å². The van der Waals surface area contributed by atoms with Crippen LogP contribution in [-0.2, 0) is 0 Å². The molecule has 0 fully saturated rings. The van der Waals surface area contributed by atoms with E-state index in [9.17, 15) is 0 Å². The van der Waals surface area contributed by atoms with Crippen LogP contribution in [-0.4, -0.2) is 0 Å². The molecule has 25 heavy (non-hydrogen) atoms. The molecule has 0 saturated heterocycles. The van der Waals surface area contributed by atoms with Crippen molar-refractivity contribution in [2.24, 2.45) is 0 Å². The summed E-state index contributed by atoms with van der Waals surface area (Å²) in [6.45, 7) is 0. The Balaban J connectivity index is 1.82. The minimum atomic E-state index is 0.369. The van der Waals surface area contributed by atoms with Crippen LogP contribution in [0.25, 0.3) is 22.3 Å². The van der Waals surface area contributed by atoms with Gasteiger partial charge in [-0.2, -0.15) is 0 Å².